The van der Waals surface area contributed by atoms with E-state index in [-0.39, 0.29) is 48.3 Å². The van der Waals surface area contributed by atoms with Crippen molar-refractivity contribution in [1.29, 1.82) is 5.26 Å². The molecule has 5 atom stereocenters. The quantitative estimate of drug-likeness (QED) is 0.222. The van der Waals surface area contributed by atoms with Crippen LogP contribution in [-0.4, -0.2) is 29.0 Å². The predicted molar refractivity (Wildman–Crippen MR) is 154 cm³/mol. The molecule has 0 spiro atoms. The second-order valence-electron chi connectivity index (χ2n) is 12.2. The van der Waals surface area contributed by atoms with Gasteiger partial charge in [0, 0.05) is 12.3 Å². The molecule has 220 valence electrons. The van der Waals surface area contributed by atoms with Crippen molar-refractivity contribution in [3.63, 3.8) is 0 Å². The predicted octanol–water partition coefficient (Wildman–Crippen LogP) is 8.15. The van der Waals surface area contributed by atoms with E-state index in [2.05, 4.69) is 18.7 Å². The number of rotatable bonds is 14. The van der Waals surface area contributed by atoms with E-state index in [9.17, 15) is 29.1 Å². The van der Waals surface area contributed by atoms with E-state index in [0.29, 0.717) is 24.2 Å². The van der Waals surface area contributed by atoms with Crippen LogP contribution in [0, 0.1) is 46.2 Å². The monoisotopic (exact) mass is 565 g/mol. The van der Waals surface area contributed by atoms with Crippen molar-refractivity contribution in [3.05, 3.63) is 77.9 Å². The Morgan fingerprint density at radius 2 is 2.05 bits per heavy atom. The van der Waals surface area contributed by atoms with Gasteiger partial charge in [0.2, 0.25) is 0 Å². The molecule has 1 aromatic carbocycles. The maximum absolute atomic E-state index is 14.8. The number of nitrogens with zero attached hydrogens (tertiary/aromatic N) is 1. The van der Waals surface area contributed by atoms with Gasteiger partial charge in [0.15, 0.2) is 0 Å². The average molecular weight is 566 g/mol. The van der Waals surface area contributed by atoms with Gasteiger partial charge in [-0.05, 0) is 110 Å². The van der Waals surface area contributed by atoms with E-state index in [4.69, 9.17) is 4.74 Å². The molecule has 7 heteroatoms. The SMILES string of the molecule is C=C/C(=C\[C@H](CC(C)c1cc(O)ccc1F)CC1(C#N)CCCC1)COC1=CC(C(CC(=O)O)C2CC2)C(F)C=C1. The standard InChI is InChI=1S/C34H41F2NO4/c1-3-23(20-41-27-9-11-32(36)30(17-27)29(18-33(39)40)25-6-7-25)15-24(19-34(21-37)12-4-5-13-34)14-22(2)28-16-26(38)8-10-31(28)35/h3,8-11,15-17,22,24-25,29-30,32,38H,1,4-7,12-14,18-20H2,2H3,(H,39,40)/b23-15+/t22?,24-,29?,30?,32?/m0/s1. The van der Waals surface area contributed by atoms with Gasteiger partial charge in [-0.2, -0.15) is 5.26 Å². The van der Waals surface area contributed by atoms with Crippen LogP contribution in [0.25, 0.3) is 0 Å². The fourth-order valence-electron chi connectivity index (χ4n) is 6.71. The number of allylic oxidation sites excluding steroid dienone is 4. The molecule has 0 heterocycles. The molecule has 2 saturated carbocycles. The number of nitriles is 1. The number of aromatic hydroxyl groups is 1. The summed E-state index contributed by atoms with van der Waals surface area (Å²) >= 11 is 0. The first-order chi connectivity index (χ1) is 19.6. The molecule has 4 unspecified atom stereocenters. The molecule has 5 nitrogen and oxygen atoms in total. The molecule has 4 rings (SSSR count). The zero-order valence-electron chi connectivity index (χ0n) is 23.8. The fraction of sp³-hybridized carbons (Fsp3) is 0.529. The summed E-state index contributed by atoms with van der Waals surface area (Å²) in [7, 11) is 0. The Morgan fingerprint density at radius 3 is 2.68 bits per heavy atom. The minimum absolute atomic E-state index is 0.0136. The number of aliphatic carboxylic acids is 1. The molecule has 0 amide bonds. The number of carboxylic acid groups (broad SMARTS) is 1. The van der Waals surface area contributed by atoms with Crippen LogP contribution >= 0.6 is 0 Å². The van der Waals surface area contributed by atoms with Gasteiger partial charge in [0.1, 0.15) is 30.1 Å². The molecule has 41 heavy (non-hydrogen) atoms. The number of carboxylic acids is 1. The minimum Gasteiger partial charge on any atom is -0.508 e. The second kappa shape index (κ2) is 13.5. The maximum Gasteiger partial charge on any atom is 0.303 e. The van der Waals surface area contributed by atoms with Crippen molar-refractivity contribution in [3.8, 4) is 11.8 Å². The first kappa shape index (κ1) is 30.6. The lowest BCUT2D eigenvalue weighted by molar-refractivity contribution is -0.138. The first-order valence-electron chi connectivity index (χ1n) is 14.7. The molecule has 2 N–H and O–H groups in total. The molecule has 0 aromatic heterocycles. The summed E-state index contributed by atoms with van der Waals surface area (Å²) in [6.07, 6.45) is 14.0. The third kappa shape index (κ3) is 8.09. The van der Waals surface area contributed by atoms with Gasteiger partial charge in [-0.3, -0.25) is 4.79 Å². The van der Waals surface area contributed by atoms with Gasteiger partial charge in [-0.1, -0.05) is 38.5 Å². The Kier molecular flexibility index (Phi) is 10.1. The highest BCUT2D eigenvalue weighted by atomic mass is 19.1. The summed E-state index contributed by atoms with van der Waals surface area (Å²) in [4.78, 5) is 11.4. The van der Waals surface area contributed by atoms with Crippen LogP contribution in [0.2, 0.25) is 0 Å². The molecule has 0 aliphatic heterocycles. The molecule has 1 aromatic rings. The lowest BCUT2D eigenvalue weighted by Crippen LogP contribution is -2.28. The van der Waals surface area contributed by atoms with Gasteiger partial charge in [0.25, 0.3) is 0 Å². The van der Waals surface area contributed by atoms with Gasteiger partial charge in [0.05, 0.1) is 11.5 Å². The number of hydrogen-bond donors (Lipinski definition) is 2. The molecule has 0 bridgehead atoms. The van der Waals surface area contributed by atoms with Crippen LogP contribution in [0.15, 0.2) is 66.5 Å². The molecule has 2 fully saturated rings. The summed E-state index contributed by atoms with van der Waals surface area (Å²) in [5, 5.41) is 29.4. The minimum atomic E-state index is -1.25. The Balaban J connectivity index is 1.51. The van der Waals surface area contributed by atoms with Gasteiger partial charge >= 0.3 is 5.97 Å². The number of carbonyl (C=O) groups is 1. The zero-order chi connectivity index (χ0) is 29.6. The second-order valence-corrected chi connectivity index (χ2v) is 12.2. The largest absolute Gasteiger partial charge is 0.508 e. The van der Waals surface area contributed by atoms with E-state index in [1.165, 1.54) is 24.3 Å². The van der Waals surface area contributed by atoms with Crippen molar-refractivity contribution in [2.75, 3.05) is 6.61 Å². The third-order valence-electron chi connectivity index (χ3n) is 9.04. The van der Waals surface area contributed by atoms with Crippen LogP contribution in [-0.2, 0) is 9.53 Å². The normalized spacial score (nSPS) is 24.1. The van der Waals surface area contributed by atoms with Crippen LogP contribution < -0.4 is 0 Å². The van der Waals surface area contributed by atoms with Crippen molar-refractivity contribution in [2.24, 2.45) is 29.1 Å². The van der Waals surface area contributed by atoms with E-state index < -0.39 is 23.5 Å². The van der Waals surface area contributed by atoms with Crippen molar-refractivity contribution < 1.29 is 28.5 Å². The topological polar surface area (TPSA) is 90.5 Å². The third-order valence-corrected chi connectivity index (χ3v) is 9.04. The lowest BCUT2D eigenvalue weighted by Gasteiger charge is -2.29. The number of halogens is 2. The lowest BCUT2D eigenvalue weighted by atomic mass is 9.75. The highest BCUT2D eigenvalue weighted by Crippen LogP contribution is 2.46. The van der Waals surface area contributed by atoms with Gasteiger partial charge in [-0.15, -0.1) is 0 Å². The van der Waals surface area contributed by atoms with Gasteiger partial charge in [-0.25, -0.2) is 8.78 Å². The number of phenols is 1. The summed E-state index contributed by atoms with van der Waals surface area (Å²) in [5.41, 5.74) is 0.820. The first-order valence-corrected chi connectivity index (χ1v) is 14.7. The van der Waals surface area contributed by atoms with Crippen molar-refractivity contribution >= 4 is 5.97 Å². The van der Waals surface area contributed by atoms with Gasteiger partial charge < -0.3 is 14.9 Å². The molecule has 3 aliphatic rings. The molecular formula is C34H41F2NO4. The fourth-order valence-corrected chi connectivity index (χ4v) is 6.71. The number of phenolic OH excluding ortho intramolecular Hbond substituents is 1. The average Bonchev–Trinajstić information content (AvgIpc) is 3.69. The summed E-state index contributed by atoms with van der Waals surface area (Å²) in [6.45, 7) is 6.07. The number of benzene rings is 1. The van der Waals surface area contributed by atoms with E-state index in [1.807, 2.05) is 6.92 Å². The zero-order valence-corrected chi connectivity index (χ0v) is 23.8. The highest BCUT2D eigenvalue weighted by molar-refractivity contribution is 5.67. The van der Waals surface area contributed by atoms with E-state index >= 15 is 0 Å². The summed E-state index contributed by atoms with van der Waals surface area (Å²) < 4.78 is 35.6. The van der Waals surface area contributed by atoms with Crippen LogP contribution in [0.3, 0.4) is 0 Å². The smallest absolute Gasteiger partial charge is 0.303 e. The number of hydrogen-bond acceptors (Lipinski definition) is 4. The molecule has 0 saturated heterocycles. The van der Waals surface area contributed by atoms with E-state index in [1.54, 1.807) is 18.2 Å². The molecule has 3 aliphatic carbocycles. The Bertz CT molecular complexity index is 1240. The maximum atomic E-state index is 14.8. The van der Waals surface area contributed by atoms with Crippen molar-refractivity contribution in [2.45, 2.75) is 76.8 Å². The van der Waals surface area contributed by atoms with Crippen LogP contribution in [0.4, 0.5) is 8.78 Å². The Morgan fingerprint density at radius 1 is 1.32 bits per heavy atom. The van der Waals surface area contributed by atoms with Crippen LogP contribution in [0.5, 0.6) is 5.75 Å². The van der Waals surface area contributed by atoms with Crippen LogP contribution in [0.1, 0.15) is 76.2 Å². The number of ether oxygens (including phenoxy) is 1. The Hall–Kier alpha value is -3.40. The van der Waals surface area contributed by atoms with E-state index in [0.717, 1.165) is 44.1 Å². The summed E-state index contributed by atoms with van der Waals surface area (Å²) in [5.74, 6) is -1.62. The number of alkyl halides is 1. The van der Waals surface area contributed by atoms with Crippen molar-refractivity contribution in [1.82, 2.24) is 0 Å². The summed E-state index contributed by atoms with van der Waals surface area (Å²) in [6, 6.07) is 6.63. The Labute approximate surface area is 241 Å². The molecule has 0 radical (unpaired) electrons. The molecular weight excluding hydrogens is 524 g/mol. The highest BCUT2D eigenvalue weighted by Gasteiger charge is 2.41.